The quantitative estimate of drug-likeness (QED) is 0.395. The minimum atomic E-state index is -0.411. The molecule has 0 bridgehead atoms. The number of hydrogen-bond acceptors (Lipinski definition) is 5. The smallest absolute Gasteiger partial charge is 0.271 e. The van der Waals surface area contributed by atoms with E-state index in [-0.39, 0.29) is 22.4 Å². The van der Waals surface area contributed by atoms with Gasteiger partial charge in [0.25, 0.3) is 5.56 Å². The Morgan fingerprint density at radius 1 is 1.23 bits per heavy atom. The molecule has 3 aromatic heterocycles. The Labute approximate surface area is 178 Å². The van der Waals surface area contributed by atoms with Crippen LogP contribution in [-0.4, -0.2) is 26.1 Å². The van der Waals surface area contributed by atoms with Gasteiger partial charge in [0.2, 0.25) is 5.43 Å². The maximum atomic E-state index is 13.5. The molecule has 3 heterocycles. The Bertz CT molecular complexity index is 1420. The minimum Gasteiger partial charge on any atom is -0.501 e. The molecule has 156 valence electrons. The first-order valence-corrected chi connectivity index (χ1v) is 10.5. The largest absolute Gasteiger partial charge is 0.501 e. The van der Waals surface area contributed by atoms with Crippen LogP contribution in [0, 0.1) is 0 Å². The summed E-state index contributed by atoms with van der Waals surface area (Å²) < 4.78 is 6.83. The van der Waals surface area contributed by atoms with E-state index in [0.29, 0.717) is 29.3 Å². The van der Waals surface area contributed by atoms with Gasteiger partial charge in [0.15, 0.2) is 0 Å². The van der Waals surface area contributed by atoms with Crippen molar-refractivity contribution >= 4 is 28.1 Å². The molecule has 1 N–H and O–H groups in total. The highest BCUT2D eigenvalue weighted by Gasteiger charge is 2.27. The van der Waals surface area contributed by atoms with E-state index >= 15 is 0 Å². The van der Waals surface area contributed by atoms with Crippen molar-refractivity contribution in [3.8, 4) is 5.69 Å². The molecule has 4 aromatic rings. The summed E-state index contributed by atoms with van der Waals surface area (Å²) in [6.07, 6.45) is 8.03. The lowest BCUT2D eigenvalue weighted by Gasteiger charge is -2.27. The highest BCUT2D eigenvalue weighted by Crippen LogP contribution is 2.36. The first kappa shape index (κ1) is 19.2. The third kappa shape index (κ3) is 3.32. The molecule has 1 saturated carbocycles. The summed E-state index contributed by atoms with van der Waals surface area (Å²) in [5.74, 6) is 0.903. The van der Waals surface area contributed by atoms with Crippen LogP contribution in [0.15, 0.2) is 58.4 Å². The van der Waals surface area contributed by atoms with Gasteiger partial charge in [-0.15, -0.1) is 0 Å². The standard InChI is InChI=1S/C24H22N4O3/c1-2-31-12-11-15-13-18-20(25-14-15)21(29)19-22(26-18)27-23(16-7-6-8-16)28(24(19)30)17-9-4-3-5-10-17/h3-5,9-14,16H,2,6-8H2,1H3,(H,26,29). The van der Waals surface area contributed by atoms with Crippen LogP contribution in [0.4, 0.5) is 0 Å². The van der Waals surface area contributed by atoms with Gasteiger partial charge in [-0.1, -0.05) is 24.6 Å². The van der Waals surface area contributed by atoms with Crippen LogP contribution in [0.1, 0.15) is 43.5 Å². The van der Waals surface area contributed by atoms with E-state index in [1.54, 1.807) is 23.1 Å². The SMILES string of the molecule is CCOC=Cc1cnc2c(=O)c3c(=O)n(-c4ccccc4)c(C4CCC4)nc3[nH]c2c1. The highest BCUT2D eigenvalue weighted by atomic mass is 16.5. The number of ether oxygens (including phenoxy) is 1. The van der Waals surface area contributed by atoms with Crippen molar-refractivity contribution in [1.29, 1.82) is 0 Å². The van der Waals surface area contributed by atoms with Gasteiger partial charge in [-0.05, 0) is 49.6 Å². The molecule has 0 unspecified atom stereocenters. The Kier molecular flexibility index (Phi) is 4.86. The summed E-state index contributed by atoms with van der Waals surface area (Å²) in [5.41, 5.74) is 1.80. The maximum absolute atomic E-state index is 13.5. The van der Waals surface area contributed by atoms with E-state index in [4.69, 9.17) is 9.72 Å². The van der Waals surface area contributed by atoms with E-state index in [1.165, 1.54) is 0 Å². The van der Waals surface area contributed by atoms with Crippen molar-refractivity contribution in [2.45, 2.75) is 32.1 Å². The van der Waals surface area contributed by atoms with E-state index in [2.05, 4.69) is 9.97 Å². The summed E-state index contributed by atoms with van der Waals surface area (Å²) in [6.45, 7) is 2.47. The number of aromatic nitrogens is 4. The molecule has 0 spiro atoms. The molecule has 1 aliphatic carbocycles. The second-order valence-electron chi connectivity index (χ2n) is 7.67. The fourth-order valence-corrected chi connectivity index (χ4v) is 3.92. The molecule has 0 amide bonds. The van der Waals surface area contributed by atoms with Crippen molar-refractivity contribution < 1.29 is 4.74 Å². The molecule has 7 heteroatoms. The monoisotopic (exact) mass is 414 g/mol. The number of pyridine rings is 2. The number of hydrogen-bond donors (Lipinski definition) is 1. The van der Waals surface area contributed by atoms with E-state index in [9.17, 15) is 9.59 Å². The van der Waals surface area contributed by atoms with Gasteiger partial charge < -0.3 is 9.72 Å². The molecule has 1 aliphatic rings. The fraction of sp³-hybridized carbons (Fsp3) is 0.250. The zero-order valence-corrected chi connectivity index (χ0v) is 17.2. The molecule has 0 radical (unpaired) electrons. The summed E-state index contributed by atoms with van der Waals surface area (Å²) in [6, 6.07) is 11.2. The van der Waals surface area contributed by atoms with Gasteiger partial charge in [0, 0.05) is 12.1 Å². The number of benzene rings is 1. The Morgan fingerprint density at radius 2 is 2.03 bits per heavy atom. The van der Waals surface area contributed by atoms with Gasteiger partial charge in [0.05, 0.1) is 24.1 Å². The molecule has 0 saturated heterocycles. The number of para-hydroxylation sites is 1. The molecule has 0 atom stereocenters. The predicted octanol–water partition coefficient (Wildman–Crippen LogP) is 3.90. The lowest BCUT2D eigenvalue weighted by molar-refractivity contribution is 0.272. The van der Waals surface area contributed by atoms with Crippen LogP contribution >= 0.6 is 0 Å². The van der Waals surface area contributed by atoms with Crippen molar-refractivity contribution in [3.05, 3.63) is 80.8 Å². The third-order valence-corrected chi connectivity index (χ3v) is 5.72. The molecule has 0 aliphatic heterocycles. The third-order valence-electron chi connectivity index (χ3n) is 5.72. The Hall–Kier alpha value is -3.74. The van der Waals surface area contributed by atoms with Crippen LogP contribution < -0.4 is 11.0 Å². The van der Waals surface area contributed by atoms with E-state index < -0.39 is 5.43 Å². The topological polar surface area (TPSA) is 89.9 Å². The fourth-order valence-electron chi connectivity index (χ4n) is 3.92. The van der Waals surface area contributed by atoms with Gasteiger partial charge in [-0.3, -0.25) is 14.2 Å². The molecule has 1 aromatic carbocycles. The molecular formula is C24H22N4O3. The van der Waals surface area contributed by atoms with Crippen LogP contribution in [0.3, 0.4) is 0 Å². The summed E-state index contributed by atoms with van der Waals surface area (Å²) >= 11 is 0. The minimum absolute atomic E-state index is 0.0320. The molecule has 31 heavy (non-hydrogen) atoms. The number of fused-ring (bicyclic) bond motifs is 2. The van der Waals surface area contributed by atoms with Crippen LogP contribution in [0.25, 0.3) is 33.8 Å². The van der Waals surface area contributed by atoms with Crippen LogP contribution in [0.5, 0.6) is 0 Å². The average molecular weight is 414 g/mol. The van der Waals surface area contributed by atoms with Gasteiger partial charge >= 0.3 is 0 Å². The zero-order valence-electron chi connectivity index (χ0n) is 17.2. The second-order valence-corrected chi connectivity index (χ2v) is 7.67. The van der Waals surface area contributed by atoms with Crippen molar-refractivity contribution in [2.24, 2.45) is 0 Å². The first-order chi connectivity index (χ1) is 15.2. The average Bonchev–Trinajstić information content (AvgIpc) is 2.73. The normalized spacial score (nSPS) is 14.4. The van der Waals surface area contributed by atoms with Crippen molar-refractivity contribution in [2.75, 3.05) is 6.61 Å². The number of H-pyrrole nitrogens is 1. The Balaban J connectivity index is 1.78. The van der Waals surface area contributed by atoms with Gasteiger partial charge in [-0.2, -0.15) is 0 Å². The summed E-state index contributed by atoms with van der Waals surface area (Å²) in [4.78, 5) is 39.1. The number of nitrogens with one attached hydrogen (secondary N) is 1. The van der Waals surface area contributed by atoms with Crippen LogP contribution in [-0.2, 0) is 4.74 Å². The van der Waals surface area contributed by atoms with E-state index in [1.807, 2.05) is 43.3 Å². The van der Waals surface area contributed by atoms with Gasteiger partial charge in [0.1, 0.15) is 22.4 Å². The van der Waals surface area contributed by atoms with Gasteiger partial charge in [-0.25, -0.2) is 9.97 Å². The molecule has 7 nitrogen and oxygen atoms in total. The Morgan fingerprint density at radius 3 is 2.74 bits per heavy atom. The number of rotatable bonds is 5. The van der Waals surface area contributed by atoms with E-state index in [0.717, 1.165) is 24.8 Å². The number of aromatic amines is 1. The second kappa shape index (κ2) is 7.83. The highest BCUT2D eigenvalue weighted by molar-refractivity contribution is 5.89. The van der Waals surface area contributed by atoms with Crippen molar-refractivity contribution in [3.63, 3.8) is 0 Å². The molecular weight excluding hydrogens is 392 g/mol. The predicted molar refractivity (Wildman–Crippen MR) is 121 cm³/mol. The van der Waals surface area contributed by atoms with Crippen molar-refractivity contribution in [1.82, 2.24) is 19.5 Å². The zero-order chi connectivity index (χ0) is 21.4. The number of nitrogens with zero attached hydrogens (tertiary/aromatic N) is 3. The summed E-state index contributed by atoms with van der Waals surface area (Å²) in [7, 11) is 0. The maximum Gasteiger partial charge on any atom is 0.271 e. The first-order valence-electron chi connectivity index (χ1n) is 10.5. The lowest BCUT2D eigenvalue weighted by atomic mass is 9.84. The summed E-state index contributed by atoms with van der Waals surface area (Å²) in [5, 5.41) is 0.0320. The van der Waals surface area contributed by atoms with Crippen LogP contribution in [0.2, 0.25) is 0 Å². The molecule has 1 fully saturated rings. The lowest BCUT2D eigenvalue weighted by Crippen LogP contribution is -2.31. The molecule has 5 rings (SSSR count).